The van der Waals surface area contributed by atoms with Crippen LogP contribution in [0.3, 0.4) is 0 Å². The van der Waals surface area contributed by atoms with Crippen molar-refractivity contribution >= 4 is 0 Å². The van der Waals surface area contributed by atoms with Gasteiger partial charge in [-0.05, 0) is 63.2 Å². The highest BCUT2D eigenvalue weighted by atomic mass is 16.5. The number of hydrogen-bond acceptors (Lipinski definition) is 2. The third kappa shape index (κ3) is 2.71. The van der Waals surface area contributed by atoms with E-state index in [0.717, 1.165) is 18.4 Å². The third-order valence-electron chi connectivity index (χ3n) is 6.43. The van der Waals surface area contributed by atoms with Gasteiger partial charge in [0, 0.05) is 12.1 Å². The van der Waals surface area contributed by atoms with E-state index in [1.54, 1.807) is 0 Å². The van der Waals surface area contributed by atoms with Crippen LogP contribution >= 0.6 is 0 Å². The van der Waals surface area contributed by atoms with Gasteiger partial charge in [0.05, 0.1) is 5.60 Å². The Morgan fingerprint density at radius 3 is 2.37 bits per heavy atom. The van der Waals surface area contributed by atoms with Crippen molar-refractivity contribution in [1.82, 2.24) is 0 Å². The molecule has 2 aliphatic carbocycles. The van der Waals surface area contributed by atoms with Crippen LogP contribution in [-0.2, 0) is 4.74 Å². The van der Waals surface area contributed by atoms with Crippen molar-refractivity contribution in [2.45, 2.75) is 88.7 Å². The molecule has 3 aliphatic rings. The average Bonchev–Trinajstić information content (AvgIpc) is 2.88. The van der Waals surface area contributed by atoms with Crippen molar-refractivity contribution in [1.29, 1.82) is 0 Å². The quantitative estimate of drug-likeness (QED) is 0.818. The lowest BCUT2D eigenvalue weighted by Gasteiger charge is -2.48. The summed E-state index contributed by atoms with van der Waals surface area (Å²) in [4.78, 5) is 0. The maximum atomic E-state index is 6.85. The second kappa shape index (κ2) is 5.37. The summed E-state index contributed by atoms with van der Waals surface area (Å²) in [6, 6.07) is 0. The first-order valence-corrected chi connectivity index (χ1v) is 8.59. The molecule has 0 aromatic rings. The smallest absolute Gasteiger partial charge is 0.0685 e. The monoisotopic (exact) mass is 265 g/mol. The second-order valence-electron chi connectivity index (χ2n) is 7.51. The summed E-state index contributed by atoms with van der Waals surface area (Å²) < 4.78 is 6.18. The summed E-state index contributed by atoms with van der Waals surface area (Å²) in [6.45, 7) is 3.29. The van der Waals surface area contributed by atoms with Crippen LogP contribution in [0.5, 0.6) is 0 Å². The Labute approximate surface area is 118 Å². The Morgan fingerprint density at radius 2 is 1.74 bits per heavy atom. The Kier molecular flexibility index (Phi) is 3.92. The topological polar surface area (TPSA) is 35.2 Å². The molecule has 1 heterocycles. The van der Waals surface area contributed by atoms with Crippen molar-refractivity contribution in [2.24, 2.45) is 17.6 Å². The van der Waals surface area contributed by atoms with E-state index < -0.39 is 0 Å². The normalized spacial score (nSPS) is 42.6. The Morgan fingerprint density at radius 1 is 1.05 bits per heavy atom. The molecule has 0 radical (unpaired) electrons. The first kappa shape index (κ1) is 13.9. The van der Waals surface area contributed by atoms with Gasteiger partial charge < -0.3 is 10.5 Å². The highest BCUT2D eigenvalue weighted by Crippen LogP contribution is 2.48. The number of hydrogen-bond donors (Lipinski definition) is 1. The van der Waals surface area contributed by atoms with Gasteiger partial charge in [0.25, 0.3) is 0 Å². The van der Waals surface area contributed by atoms with E-state index in [9.17, 15) is 0 Å². The SMILES string of the molecule is CCC1CCC(N)(C2CCOC3(CCCC3)C2)CC1. The molecule has 1 aliphatic heterocycles. The Hall–Kier alpha value is -0.0800. The summed E-state index contributed by atoms with van der Waals surface area (Å²) in [7, 11) is 0. The van der Waals surface area contributed by atoms with Crippen LogP contribution in [0, 0.1) is 11.8 Å². The summed E-state index contributed by atoms with van der Waals surface area (Å²) in [5.74, 6) is 1.66. The molecule has 3 rings (SSSR count). The van der Waals surface area contributed by atoms with Gasteiger partial charge in [-0.2, -0.15) is 0 Å². The fraction of sp³-hybridized carbons (Fsp3) is 1.00. The fourth-order valence-corrected chi connectivity index (χ4v) is 4.92. The maximum absolute atomic E-state index is 6.85. The third-order valence-corrected chi connectivity index (χ3v) is 6.43. The first-order valence-electron chi connectivity index (χ1n) is 8.59. The Bertz CT molecular complexity index is 300. The fourth-order valence-electron chi connectivity index (χ4n) is 4.92. The van der Waals surface area contributed by atoms with E-state index in [1.165, 1.54) is 70.6 Å². The van der Waals surface area contributed by atoms with Gasteiger partial charge in [0.15, 0.2) is 0 Å². The zero-order valence-electron chi connectivity index (χ0n) is 12.6. The molecule has 110 valence electrons. The standard InChI is InChI=1S/C17H31NO/c1-2-14-5-10-17(18,11-6-14)15-7-12-19-16(13-15)8-3-4-9-16/h14-15H,2-13,18H2,1H3. The lowest BCUT2D eigenvalue weighted by Crippen LogP contribution is -2.54. The lowest BCUT2D eigenvalue weighted by molar-refractivity contribution is -0.108. The highest BCUT2D eigenvalue weighted by molar-refractivity contribution is 5.01. The number of rotatable bonds is 2. The molecule has 2 saturated carbocycles. The highest BCUT2D eigenvalue weighted by Gasteiger charge is 2.46. The molecule has 1 atom stereocenters. The summed E-state index contributed by atoms with van der Waals surface area (Å²) in [6.07, 6.45) is 14.3. The van der Waals surface area contributed by atoms with Crippen LogP contribution in [0.2, 0.25) is 0 Å². The van der Waals surface area contributed by atoms with Gasteiger partial charge in [-0.3, -0.25) is 0 Å². The summed E-state index contributed by atoms with van der Waals surface area (Å²) in [5.41, 5.74) is 7.21. The maximum Gasteiger partial charge on any atom is 0.0685 e. The molecule has 19 heavy (non-hydrogen) atoms. The van der Waals surface area contributed by atoms with Crippen LogP contribution in [0.25, 0.3) is 0 Å². The molecular weight excluding hydrogens is 234 g/mol. The van der Waals surface area contributed by atoms with Crippen LogP contribution in [-0.4, -0.2) is 17.7 Å². The minimum Gasteiger partial charge on any atom is -0.375 e. The van der Waals surface area contributed by atoms with Crippen molar-refractivity contribution < 1.29 is 4.74 Å². The van der Waals surface area contributed by atoms with Gasteiger partial charge in [0.2, 0.25) is 0 Å². The molecule has 1 saturated heterocycles. The average molecular weight is 265 g/mol. The summed E-state index contributed by atoms with van der Waals surface area (Å²) in [5, 5.41) is 0. The first-order chi connectivity index (χ1) is 9.16. The van der Waals surface area contributed by atoms with E-state index in [4.69, 9.17) is 10.5 Å². The number of ether oxygens (including phenoxy) is 1. The van der Waals surface area contributed by atoms with Gasteiger partial charge >= 0.3 is 0 Å². The molecule has 0 amide bonds. The van der Waals surface area contributed by atoms with E-state index in [-0.39, 0.29) is 11.1 Å². The van der Waals surface area contributed by atoms with E-state index >= 15 is 0 Å². The predicted octanol–water partition coefficient (Wildman–Crippen LogP) is 4.02. The molecule has 2 heteroatoms. The van der Waals surface area contributed by atoms with Crippen LogP contribution in [0.1, 0.15) is 77.6 Å². The van der Waals surface area contributed by atoms with Crippen LogP contribution < -0.4 is 5.73 Å². The minimum absolute atomic E-state index is 0.130. The van der Waals surface area contributed by atoms with Gasteiger partial charge in [-0.25, -0.2) is 0 Å². The Balaban J connectivity index is 1.64. The number of nitrogens with two attached hydrogens (primary N) is 1. The van der Waals surface area contributed by atoms with E-state index in [2.05, 4.69) is 6.92 Å². The van der Waals surface area contributed by atoms with E-state index in [0.29, 0.717) is 0 Å². The zero-order valence-corrected chi connectivity index (χ0v) is 12.6. The predicted molar refractivity (Wildman–Crippen MR) is 79.0 cm³/mol. The van der Waals surface area contributed by atoms with Crippen LogP contribution in [0.4, 0.5) is 0 Å². The van der Waals surface area contributed by atoms with Crippen molar-refractivity contribution in [2.75, 3.05) is 6.61 Å². The van der Waals surface area contributed by atoms with E-state index in [1.807, 2.05) is 0 Å². The van der Waals surface area contributed by atoms with Gasteiger partial charge in [-0.15, -0.1) is 0 Å². The molecular formula is C17H31NO. The van der Waals surface area contributed by atoms with Crippen molar-refractivity contribution in [3.05, 3.63) is 0 Å². The zero-order chi connectivity index (χ0) is 13.3. The molecule has 1 unspecified atom stereocenters. The lowest BCUT2D eigenvalue weighted by atomic mass is 9.65. The largest absolute Gasteiger partial charge is 0.375 e. The molecule has 0 aromatic heterocycles. The summed E-state index contributed by atoms with van der Waals surface area (Å²) >= 11 is 0. The second-order valence-corrected chi connectivity index (χ2v) is 7.51. The molecule has 2 nitrogen and oxygen atoms in total. The minimum atomic E-state index is 0.130. The van der Waals surface area contributed by atoms with Gasteiger partial charge in [0.1, 0.15) is 0 Å². The van der Waals surface area contributed by atoms with Crippen molar-refractivity contribution in [3.63, 3.8) is 0 Å². The van der Waals surface area contributed by atoms with Crippen molar-refractivity contribution in [3.8, 4) is 0 Å². The molecule has 2 N–H and O–H groups in total. The molecule has 3 fully saturated rings. The van der Waals surface area contributed by atoms with Gasteiger partial charge in [-0.1, -0.05) is 26.2 Å². The van der Waals surface area contributed by atoms with Crippen LogP contribution in [0.15, 0.2) is 0 Å². The molecule has 1 spiro atoms. The molecule has 0 aromatic carbocycles. The molecule has 0 bridgehead atoms.